The van der Waals surface area contributed by atoms with Gasteiger partial charge >= 0.3 is 0 Å². The Balaban J connectivity index is 0.000000357. The van der Waals surface area contributed by atoms with E-state index in [0.717, 1.165) is 33.7 Å². The van der Waals surface area contributed by atoms with E-state index in [-0.39, 0.29) is 17.2 Å². The number of aliphatic imine (C=N–C) groups is 1. The molecule has 2 amide bonds. The van der Waals surface area contributed by atoms with E-state index < -0.39 is 0 Å². The largest absolute Gasteiger partial charge is 0.333 e. The molecule has 0 bridgehead atoms. The Bertz CT molecular complexity index is 1260. The van der Waals surface area contributed by atoms with Gasteiger partial charge in [0.1, 0.15) is 5.84 Å². The highest BCUT2D eigenvalue weighted by molar-refractivity contribution is 7.10. The predicted octanol–water partition coefficient (Wildman–Crippen LogP) is 8.95. The van der Waals surface area contributed by atoms with Crippen molar-refractivity contribution in [1.82, 2.24) is 10.2 Å². The minimum Gasteiger partial charge on any atom is -0.333 e. The molecule has 2 aliphatic heterocycles. The van der Waals surface area contributed by atoms with Crippen molar-refractivity contribution in [2.75, 3.05) is 6.54 Å². The van der Waals surface area contributed by atoms with Gasteiger partial charge in [-0.15, -0.1) is 11.3 Å². The molecule has 3 heterocycles. The quantitative estimate of drug-likeness (QED) is 0.260. The first-order valence-electron chi connectivity index (χ1n) is 14.9. The molecule has 0 aromatic carbocycles. The number of carbonyl (C=O) groups is 2. The Hall–Kier alpha value is -2.99. The van der Waals surface area contributed by atoms with Crippen LogP contribution in [0.25, 0.3) is 0 Å². The summed E-state index contributed by atoms with van der Waals surface area (Å²) in [6, 6.07) is 0. The lowest BCUT2D eigenvalue weighted by Crippen LogP contribution is -2.37. The van der Waals surface area contributed by atoms with Crippen LogP contribution in [-0.2, 0) is 17.8 Å². The van der Waals surface area contributed by atoms with Gasteiger partial charge in [0.2, 0.25) is 5.91 Å². The molecule has 0 saturated heterocycles. The second kappa shape index (κ2) is 15.9. The van der Waals surface area contributed by atoms with E-state index in [1.54, 1.807) is 11.3 Å². The van der Waals surface area contributed by atoms with Crippen LogP contribution in [0.3, 0.4) is 0 Å². The van der Waals surface area contributed by atoms with Crippen molar-refractivity contribution >= 4 is 29.0 Å². The van der Waals surface area contributed by atoms with Gasteiger partial charge in [-0.05, 0) is 52.0 Å². The topological polar surface area (TPSA) is 61.8 Å². The first kappa shape index (κ1) is 34.2. The Kier molecular flexibility index (Phi) is 13.2. The van der Waals surface area contributed by atoms with Crippen molar-refractivity contribution in [2.45, 2.75) is 101 Å². The molecule has 0 saturated carbocycles. The fourth-order valence-corrected chi connectivity index (χ4v) is 5.35. The number of hydrogen-bond donors (Lipinski definition) is 1. The molecular formula is C35H51N3O2S. The van der Waals surface area contributed by atoms with Crippen LogP contribution < -0.4 is 5.32 Å². The molecule has 224 valence electrons. The first-order chi connectivity index (χ1) is 19.3. The Morgan fingerprint density at radius 1 is 1.17 bits per heavy atom. The van der Waals surface area contributed by atoms with E-state index in [2.05, 4.69) is 96.1 Å². The summed E-state index contributed by atoms with van der Waals surface area (Å²) in [7, 11) is 0. The third-order valence-electron chi connectivity index (χ3n) is 7.76. The lowest BCUT2D eigenvalue weighted by molar-refractivity contribution is -0.127. The van der Waals surface area contributed by atoms with E-state index in [4.69, 9.17) is 0 Å². The van der Waals surface area contributed by atoms with Crippen LogP contribution in [0.4, 0.5) is 0 Å². The molecule has 1 atom stereocenters. The van der Waals surface area contributed by atoms with Crippen molar-refractivity contribution in [3.05, 3.63) is 80.3 Å². The smallest absolute Gasteiger partial charge is 0.257 e. The van der Waals surface area contributed by atoms with Gasteiger partial charge in [-0.3, -0.25) is 9.59 Å². The number of nitrogens with one attached hydrogen (secondary N) is 1. The zero-order valence-corrected chi connectivity index (χ0v) is 27.8. The molecule has 2 aliphatic rings. The van der Waals surface area contributed by atoms with E-state index >= 15 is 0 Å². The van der Waals surface area contributed by atoms with E-state index in [9.17, 15) is 9.59 Å². The fourth-order valence-electron chi connectivity index (χ4n) is 4.26. The van der Waals surface area contributed by atoms with Crippen LogP contribution in [0.5, 0.6) is 0 Å². The summed E-state index contributed by atoms with van der Waals surface area (Å²) in [6.45, 7) is 22.3. The van der Waals surface area contributed by atoms with Gasteiger partial charge in [0.15, 0.2) is 0 Å². The number of rotatable bonds is 7. The molecule has 0 fully saturated rings. The number of fused-ring (bicyclic) bond motifs is 1. The van der Waals surface area contributed by atoms with Crippen LogP contribution in [-0.4, -0.2) is 29.1 Å². The average molecular weight is 578 g/mol. The third-order valence-corrected chi connectivity index (χ3v) is 8.78. The van der Waals surface area contributed by atoms with E-state index in [0.29, 0.717) is 37.7 Å². The number of amidine groups is 1. The highest BCUT2D eigenvalue weighted by Gasteiger charge is 2.28. The first-order valence-corrected chi connectivity index (χ1v) is 15.8. The van der Waals surface area contributed by atoms with Gasteiger partial charge in [-0.25, -0.2) is 4.99 Å². The van der Waals surface area contributed by atoms with Gasteiger partial charge in [0.05, 0.1) is 12.1 Å². The minimum atomic E-state index is -0.0979. The van der Waals surface area contributed by atoms with Crippen LogP contribution in [0.2, 0.25) is 0 Å². The maximum atomic E-state index is 12.8. The van der Waals surface area contributed by atoms with Gasteiger partial charge in [0, 0.05) is 39.9 Å². The third kappa shape index (κ3) is 10.1. The standard InChI is InChI=1S/C21H27N3O2S.C14H24/c1-6-13(2)20(26)24-10-9-14-15(12-27-16(14)11-24)19(25)23-18-8-7-17(22-18)21(3,4)5;1-6-12(3)10-8-9-11-14(5)13(4)7-2/h6-7,12H,8-11H2,1-5H3,(H,22,23,25);8-12H,6-7H2,1-5H3/b13-6+;10-8-,11-9-,14-13?. The van der Waals surface area contributed by atoms with E-state index in [1.165, 1.54) is 17.6 Å². The molecule has 5 nitrogen and oxygen atoms in total. The summed E-state index contributed by atoms with van der Waals surface area (Å²) in [6.07, 6.45) is 16.4. The number of hydrogen-bond acceptors (Lipinski definition) is 4. The van der Waals surface area contributed by atoms with Crippen LogP contribution in [0.15, 0.2) is 69.2 Å². The molecule has 1 aromatic rings. The van der Waals surface area contributed by atoms with Gasteiger partial charge < -0.3 is 10.2 Å². The van der Waals surface area contributed by atoms with Gasteiger partial charge in [0.25, 0.3) is 5.91 Å². The maximum absolute atomic E-state index is 12.8. The molecule has 41 heavy (non-hydrogen) atoms. The Labute approximate surface area is 252 Å². The summed E-state index contributed by atoms with van der Waals surface area (Å²) in [5, 5.41) is 4.88. The van der Waals surface area contributed by atoms with Crippen molar-refractivity contribution in [3.8, 4) is 0 Å². The molecule has 1 unspecified atom stereocenters. The monoisotopic (exact) mass is 577 g/mol. The van der Waals surface area contributed by atoms with Crippen LogP contribution in [0.1, 0.15) is 109 Å². The second-order valence-corrected chi connectivity index (χ2v) is 13.0. The molecule has 1 N–H and O–H groups in total. The highest BCUT2D eigenvalue weighted by atomic mass is 32.1. The summed E-state index contributed by atoms with van der Waals surface area (Å²) < 4.78 is 0. The zero-order chi connectivity index (χ0) is 30.7. The van der Waals surface area contributed by atoms with Gasteiger partial charge in [-0.1, -0.05) is 95.6 Å². The number of carbonyl (C=O) groups excluding carboxylic acids is 2. The van der Waals surface area contributed by atoms with Crippen molar-refractivity contribution < 1.29 is 9.59 Å². The molecule has 1 aromatic heterocycles. The zero-order valence-electron chi connectivity index (χ0n) is 27.0. The molecule has 6 heteroatoms. The predicted molar refractivity (Wildman–Crippen MR) is 176 cm³/mol. The Morgan fingerprint density at radius 3 is 2.46 bits per heavy atom. The number of nitrogens with zero attached hydrogens (tertiary/aromatic N) is 2. The number of amides is 2. The molecule has 3 rings (SSSR count). The highest BCUT2D eigenvalue weighted by Crippen LogP contribution is 2.31. The molecule has 0 aliphatic carbocycles. The number of thiophene rings is 1. The van der Waals surface area contributed by atoms with Crippen molar-refractivity contribution in [2.24, 2.45) is 16.3 Å². The number of allylic oxidation sites excluding steroid dienone is 8. The normalized spacial score (nSPS) is 17.0. The summed E-state index contributed by atoms with van der Waals surface area (Å²) in [5.41, 5.74) is 6.40. The minimum absolute atomic E-state index is 0.0188. The van der Waals surface area contributed by atoms with Gasteiger partial charge in [-0.2, -0.15) is 0 Å². The maximum Gasteiger partial charge on any atom is 0.257 e. The molecule has 0 spiro atoms. The summed E-state index contributed by atoms with van der Waals surface area (Å²) in [4.78, 5) is 32.7. The Morgan fingerprint density at radius 2 is 1.88 bits per heavy atom. The molecular weight excluding hydrogens is 526 g/mol. The summed E-state index contributed by atoms with van der Waals surface area (Å²) in [5.74, 6) is 1.38. The lowest BCUT2D eigenvalue weighted by atomic mass is 9.92. The van der Waals surface area contributed by atoms with Crippen molar-refractivity contribution in [1.29, 1.82) is 0 Å². The average Bonchev–Trinajstić information content (AvgIpc) is 3.61. The SMILES string of the molecule is C/C=C(\C)C(=O)N1CCc2c(C(=O)NC3=NC(C(C)(C)C)=CC3)csc2C1.CCC(C)=C(C)/C=C\C=C/C(C)CC. The lowest BCUT2D eigenvalue weighted by Gasteiger charge is -2.27. The molecule has 0 radical (unpaired) electrons. The van der Waals surface area contributed by atoms with E-state index in [1.807, 2.05) is 30.2 Å². The summed E-state index contributed by atoms with van der Waals surface area (Å²) >= 11 is 1.56. The fraction of sp³-hybridized carbons (Fsp3) is 0.514. The van der Waals surface area contributed by atoms with Crippen molar-refractivity contribution in [3.63, 3.8) is 0 Å². The van der Waals surface area contributed by atoms with Crippen LogP contribution in [0, 0.1) is 11.3 Å². The van der Waals surface area contributed by atoms with Crippen LogP contribution >= 0.6 is 11.3 Å². The second-order valence-electron chi connectivity index (χ2n) is 12.0.